The van der Waals surface area contributed by atoms with Gasteiger partial charge in [0.25, 0.3) is 5.91 Å². The van der Waals surface area contributed by atoms with E-state index in [1.807, 2.05) is 37.3 Å². The Morgan fingerprint density at radius 2 is 1.85 bits per heavy atom. The van der Waals surface area contributed by atoms with Crippen LogP contribution in [0.25, 0.3) is 11.0 Å². The summed E-state index contributed by atoms with van der Waals surface area (Å²) >= 11 is 5.79. The third kappa shape index (κ3) is 4.43. The number of hydrogen-bond acceptors (Lipinski definition) is 3. The van der Waals surface area contributed by atoms with Crippen molar-refractivity contribution in [2.75, 3.05) is 6.54 Å². The highest BCUT2D eigenvalue weighted by Crippen LogP contribution is 2.23. The second-order valence-electron chi connectivity index (χ2n) is 5.99. The summed E-state index contributed by atoms with van der Waals surface area (Å²) in [6.45, 7) is 2.11. The van der Waals surface area contributed by atoms with E-state index in [0.29, 0.717) is 16.3 Å². The highest BCUT2D eigenvalue weighted by atomic mass is 35.5. The molecule has 0 fully saturated rings. The van der Waals surface area contributed by atoms with Crippen molar-refractivity contribution in [3.8, 4) is 0 Å². The number of rotatable bonds is 6. The molecule has 0 aliphatic carbocycles. The van der Waals surface area contributed by atoms with E-state index in [2.05, 4.69) is 10.6 Å². The SMILES string of the molecule is CC(NC(=O)CCNC(=O)c1ccc(Cl)cc1)c1cc2ccccc2o1. The molecule has 0 aliphatic heterocycles. The van der Waals surface area contributed by atoms with E-state index in [-0.39, 0.29) is 30.8 Å². The van der Waals surface area contributed by atoms with Gasteiger partial charge in [0.15, 0.2) is 0 Å². The predicted octanol–water partition coefficient (Wildman–Crippen LogP) is 4.08. The highest BCUT2D eigenvalue weighted by Gasteiger charge is 2.14. The normalized spacial score (nSPS) is 11.9. The van der Waals surface area contributed by atoms with Gasteiger partial charge in [-0.25, -0.2) is 0 Å². The molecule has 0 bridgehead atoms. The molecular formula is C20H19ClN2O3. The molecule has 1 unspecified atom stereocenters. The summed E-state index contributed by atoms with van der Waals surface area (Å²) in [5.74, 6) is 0.305. The zero-order valence-electron chi connectivity index (χ0n) is 14.3. The summed E-state index contributed by atoms with van der Waals surface area (Å²) in [6, 6.07) is 15.9. The first-order valence-electron chi connectivity index (χ1n) is 8.34. The minimum atomic E-state index is -0.248. The van der Waals surface area contributed by atoms with E-state index in [0.717, 1.165) is 11.0 Å². The predicted molar refractivity (Wildman–Crippen MR) is 101 cm³/mol. The van der Waals surface area contributed by atoms with Crippen LogP contribution in [-0.2, 0) is 4.79 Å². The Hall–Kier alpha value is -2.79. The quantitative estimate of drug-likeness (QED) is 0.686. The van der Waals surface area contributed by atoms with Gasteiger partial charge in [-0.2, -0.15) is 0 Å². The second-order valence-corrected chi connectivity index (χ2v) is 6.43. The van der Waals surface area contributed by atoms with E-state index in [1.165, 1.54) is 0 Å². The van der Waals surface area contributed by atoms with Crippen molar-refractivity contribution in [3.05, 3.63) is 70.9 Å². The molecule has 3 aromatic rings. The largest absolute Gasteiger partial charge is 0.459 e. The van der Waals surface area contributed by atoms with Crippen LogP contribution in [-0.4, -0.2) is 18.4 Å². The van der Waals surface area contributed by atoms with Crippen molar-refractivity contribution >= 4 is 34.4 Å². The number of nitrogens with one attached hydrogen (secondary N) is 2. The van der Waals surface area contributed by atoms with Crippen LogP contribution in [0.3, 0.4) is 0 Å². The molecule has 2 amide bonds. The van der Waals surface area contributed by atoms with Gasteiger partial charge in [0.2, 0.25) is 5.91 Å². The fourth-order valence-corrected chi connectivity index (χ4v) is 2.72. The third-order valence-electron chi connectivity index (χ3n) is 3.99. The van der Waals surface area contributed by atoms with Gasteiger partial charge < -0.3 is 15.1 Å². The smallest absolute Gasteiger partial charge is 0.251 e. The standard InChI is InChI=1S/C20H19ClN2O3/c1-13(18-12-15-4-2-3-5-17(15)26-18)23-19(24)10-11-22-20(25)14-6-8-16(21)9-7-14/h2-9,12-13H,10-11H2,1H3,(H,22,25)(H,23,24). The van der Waals surface area contributed by atoms with Gasteiger partial charge in [0, 0.05) is 28.9 Å². The molecule has 5 nitrogen and oxygen atoms in total. The lowest BCUT2D eigenvalue weighted by Gasteiger charge is -2.11. The van der Waals surface area contributed by atoms with Crippen LogP contribution in [0.4, 0.5) is 0 Å². The molecule has 0 saturated carbocycles. The number of fused-ring (bicyclic) bond motifs is 1. The number of para-hydroxylation sites is 1. The maximum atomic E-state index is 12.1. The first-order valence-corrected chi connectivity index (χ1v) is 8.72. The zero-order chi connectivity index (χ0) is 18.5. The number of carbonyl (C=O) groups excluding carboxylic acids is 2. The lowest BCUT2D eigenvalue weighted by atomic mass is 10.2. The molecule has 26 heavy (non-hydrogen) atoms. The lowest BCUT2D eigenvalue weighted by Crippen LogP contribution is -2.31. The fourth-order valence-electron chi connectivity index (χ4n) is 2.59. The molecule has 2 aromatic carbocycles. The Morgan fingerprint density at radius 1 is 1.12 bits per heavy atom. The number of amides is 2. The topological polar surface area (TPSA) is 71.3 Å². The van der Waals surface area contributed by atoms with Gasteiger partial charge in [0.1, 0.15) is 11.3 Å². The summed E-state index contributed by atoms with van der Waals surface area (Å²) in [6.07, 6.45) is 0.184. The van der Waals surface area contributed by atoms with Crippen LogP contribution >= 0.6 is 11.6 Å². The first kappa shape index (κ1) is 18.0. The van der Waals surface area contributed by atoms with E-state index in [1.54, 1.807) is 24.3 Å². The van der Waals surface area contributed by atoms with Gasteiger partial charge in [-0.05, 0) is 43.3 Å². The monoisotopic (exact) mass is 370 g/mol. The first-order chi connectivity index (χ1) is 12.5. The summed E-state index contributed by atoms with van der Waals surface area (Å²) in [4.78, 5) is 24.1. The lowest BCUT2D eigenvalue weighted by molar-refractivity contribution is -0.121. The van der Waals surface area contributed by atoms with Crippen LogP contribution in [0.5, 0.6) is 0 Å². The van der Waals surface area contributed by atoms with Gasteiger partial charge in [-0.3, -0.25) is 9.59 Å². The Labute approximate surface area is 156 Å². The molecule has 1 atom stereocenters. The Balaban J connectivity index is 1.47. The van der Waals surface area contributed by atoms with Crippen LogP contribution in [0.2, 0.25) is 5.02 Å². The number of halogens is 1. The summed E-state index contributed by atoms with van der Waals surface area (Å²) < 4.78 is 5.75. The molecule has 6 heteroatoms. The molecule has 0 spiro atoms. The molecule has 0 radical (unpaired) electrons. The van der Waals surface area contributed by atoms with Crippen LogP contribution < -0.4 is 10.6 Å². The second kappa shape index (κ2) is 8.06. The number of benzene rings is 2. The Kier molecular flexibility index (Phi) is 5.58. The maximum absolute atomic E-state index is 12.1. The average Bonchev–Trinajstić information content (AvgIpc) is 3.06. The summed E-state index contributed by atoms with van der Waals surface area (Å²) in [5, 5.41) is 7.16. The van der Waals surface area contributed by atoms with Crippen molar-refractivity contribution in [1.29, 1.82) is 0 Å². The van der Waals surface area contributed by atoms with Crippen molar-refractivity contribution in [1.82, 2.24) is 10.6 Å². The molecule has 1 aromatic heterocycles. The molecule has 1 heterocycles. The van der Waals surface area contributed by atoms with Crippen LogP contribution in [0.15, 0.2) is 59.0 Å². The van der Waals surface area contributed by atoms with Crippen LogP contribution in [0.1, 0.15) is 35.5 Å². The van der Waals surface area contributed by atoms with Crippen molar-refractivity contribution < 1.29 is 14.0 Å². The Bertz CT molecular complexity index is 885. The van der Waals surface area contributed by atoms with E-state index >= 15 is 0 Å². The van der Waals surface area contributed by atoms with Crippen LogP contribution in [0, 0.1) is 0 Å². The molecule has 3 rings (SSSR count). The van der Waals surface area contributed by atoms with Gasteiger partial charge in [-0.1, -0.05) is 29.8 Å². The van der Waals surface area contributed by atoms with Crippen molar-refractivity contribution in [2.24, 2.45) is 0 Å². The van der Waals surface area contributed by atoms with Gasteiger partial charge >= 0.3 is 0 Å². The van der Waals surface area contributed by atoms with Gasteiger partial charge in [-0.15, -0.1) is 0 Å². The molecule has 2 N–H and O–H groups in total. The molecule has 0 aliphatic rings. The number of carbonyl (C=O) groups is 2. The maximum Gasteiger partial charge on any atom is 0.251 e. The van der Waals surface area contributed by atoms with E-state index in [4.69, 9.17) is 16.0 Å². The number of furan rings is 1. The molecule has 0 saturated heterocycles. The third-order valence-corrected chi connectivity index (χ3v) is 4.24. The minimum absolute atomic E-state index is 0.158. The zero-order valence-corrected chi connectivity index (χ0v) is 15.0. The van der Waals surface area contributed by atoms with Crippen molar-refractivity contribution in [2.45, 2.75) is 19.4 Å². The Morgan fingerprint density at radius 3 is 2.58 bits per heavy atom. The fraction of sp³-hybridized carbons (Fsp3) is 0.200. The summed E-state index contributed by atoms with van der Waals surface area (Å²) in [7, 11) is 0. The van der Waals surface area contributed by atoms with Gasteiger partial charge in [0.05, 0.1) is 6.04 Å². The van der Waals surface area contributed by atoms with E-state index < -0.39 is 0 Å². The average molecular weight is 371 g/mol. The summed E-state index contributed by atoms with van der Waals surface area (Å²) in [5.41, 5.74) is 1.30. The molecular weight excluding hydrogens is 352 g/mol. The molecule has 134 valence electrons. The van der Waals surface area contributed by atoms with E-state index in [9.17, 15) is 9.59 Å². The minimum Gasteiger partial charge on any atom is -0.459 e. The number of hydrogen-bond donors (Lipinski definition) is 2. The highest BCUT2D eigenvalue weighted by molar-refractivity contribution is 6.30. The van der Waals surface area contributed by atoms with Crippen molar-refractivity contribution in [3.63, 3.8) is 0 Å².